The van der Waals surface area contributed by atoms with Crippen LogP contribution in [0.15, 0.2) is 55.8 Å². The summed E-state index contributed by atoms with van der Waals surface area (Å²) in [6.45, 7) is 4.20. The van der Waals surface area contributed by atoms with Crippen LogP contribution in [0.3, 0.4) is 0 Å². The summed E-state index contributed by atoms with van der Waals surface area (Å²) in [6.07, 6.45) is 1.48. The van der Waals surface area contributed by atoms with Gasteiger partial charge in [-0.15, -0.1) is 0 Å². The first-order chi connectivity index (χ1) is 14.8. The molecule has 1 aromatic heterocycles. The van der Waals surface area contributed by atoms with E-state index in [0.29, 0.717) is 33.3 Å². The fraction of sp³-hybridized carbons (Fsp3) is 0.190. The number of aromatic carboxylic acids is 1. The Kier molecular flexibility index (Phi) is 5.84. The van der Waals surface area contributed by atoms with Crippen LogP contribution in [0, 0.1) is 11.3 Å². The maximum atomic E-state index is 12.5. The molecule has 4 rings (SSSR count). The molecule has 0 aliphatic carbocycles. The molecule has 8 nitrogen and oxygen atoms in total. The molecule has 10 heteroatoms. The second-order valence-corrected chi connectivity index (χ2v) is 8.92. The lowest BCUT2D eigenvalue weighted by Gasteiger charge is -2.24. The Hall–Kier alpha value is -3.11. The number of hydrogen-bond acceptors (Lipinski definition) is 7. The van der Waals surface area contributed by atoms with Crippen molar-refractivity contribution < 1.29 is 19.1 Å². The van der Waals surface area contributed by atoms with Crippen LogP contribution in [0.4, 0.5) is 0 Å². The van der Waals surface area contributed by atoms with Gasteiger partial charge in [0.2, 0.25) is 5.17 Å². The third-order valence-electron chi connectivity index (χ3n) is 4.35. The molecule has 0 spiro atoms. The van der Waals surface area contributed by atoms with E-state index in [-0.39, 0.29) is 17.0 Å². The van der Waals surface area contributed by atoms with Gasteiger partial charge in [-0.2, -0.15) is 9.39 Å². The minimum absolute atomic E-state index is 0.000769. The van der Waals surface area contributed by atoms with Gasteiger partial charge >= 0.3 is 5.97 Å². The fourth-order valence-electron chi connectivity index (χ4n) is 2.87. The van der Waals surface area contributed by atoms with Gasteiger partial charge in [-0.1, -0.05) is 37.7 Å². The predicted octanol–water partition coefficient (Wildman–Crippen LogP) is 4.61. The number of nitrogens with zero attached hydrogens (tertiary/aromatic N) is 3. The van der Waals surface area contributed by atoms with E-state index >= 15 is 0 Å². The lowest BCUT2D eigenvalue weighted by atomic mass is 10.1. The van der Waals surface area contributed by atoms with E-state index in [2.05, 4.69) is 23.2 Å². The minimum Gasteiger partial charge on any atom is -0.478 e. The first-order valence-electron chi connectivity index (χ1n) is 9.38. The molecule has 0 fully saturated rings. The Labute approximate surface area is 186 Å². The topological polar surface area (TPSA) is 119 Å². The van der Waals surface area contributed by atoms with Crippen molar-refractivity contribution in [2.24, 2.45) is 15.3 Å². The molecule has 31 heavy (non-hydrogen) atoms. The zero-order valence-corrected chi connectivity index (χ0v) is 18.3. The molecule has 0 saturated carbocycles. The molecule has 0 saturated heterocycles. The summed E-state index contributed by atoms with van der Waals surface area (Å²) < 4.78 is 10.1. The number of fused-ring (bicyclic) bond motifs is 1. The van der Waals surface area contributed by atoms with Crippen LogP contribution >= 0.6 is 23.7 Å². The number of amidine groups is 3. The van der Waals surface area contributed by atoms with Crippen LogP contribution in [0.1, 0.15) is 30.0 Å². The number of aliphatic imine (C=N–C) groups is 1. The number of hydrogen-bond donors (Lipinski definition) is 2. The average molecular weight is 455 g/mol. The number of carbonyl (C=O) groups is 2. The number of nitrogens with one attached hydrogen (secondary N) is 1. The van der Waals surface area contributed by atoms with Crippen molar-refractivity contribution >= 4 is 57.8 Å². The fourth-order valence-corrected chi connectivity index (χ4v) is 4.66. The van der Waals surface area contributed by atoms with Crippen molar-refractivity contribution in [3.05, 3.63) is 53.3 Å². The second kappa shape index (κ2) is 8.56. The molecule has 0 atom stereocenters. The lowest BCUT2D eigenvalue weighted by molar-refractivity contribution is -0.114. The van der Waals surface area contributed by atoms with Crippen molar-refractivity contribution in [2.45, 2.75) is 13.8 Å². The normalized spacial score (nSPS) is 17.3. The van der Waals surface area contributed by atoms with Gasteiger partial charge in [0.05, 0.1) is 23.1 Å². The van der Waals surface area contributed by atoms with Crippen LogP contribution in [-0.4, -0.2) is 43.8 Å². The van der Waals surface area contributed by atoms with Gasteiger partial charge in [0.1, 0.15) is 17.4 Å². The number of rotatable bonds is 5. The Bertz CT molecular complexity index is 1180. The number of benzene rings is 1. The predicted molar refractivity (Wildman–Crippen MR) is 123 cm³/mol. The maximum Gasteiger partial charge on any atom is 0.335 e. The zero-order valence-electron chi connectivity index (χ0n) is 16.7. The molecule has 1 amide bonds. The Morgan fingerprint density at radius 2 is 2.16 bits per heavy atom. The number of carbonyl (C=O) groups excluding carboxylic acids is 1. The number of furan rings is 1. The van der Waals surface area contributed by atoms with E-state index < -0.39 is 11.9 Å². The standard InChI is InChI=1S/C21H18N4O4S2/c1-11(2)10-30-21-24-31-20-23-18(26)15(17(22)25(20)21)9-14-6-7-16(29-14)12-4-3-5-13(8-12)19(27)28/h3-9,11,22H,10H2,1-2H3,(H,27,28)/b15-9-,22-17?. The van der Waals surface area contributed by atoms with Gasteiger partial charge in [-0.05, 0) is 36.3 Å². The molecule has 2 aliphatic rings. The summed E-state index contributed by atoms with van der Waals surface area (Å²) in [5, 5.41) is 18.7. The highest BCUT2D eigenvalue weighted by Crippen LogP contribution is 2.33. The largest absolute Gasteiger partial charge is 0.478 e. The summed E-state index contributed by atoms with van der Waals surface area (Å²) in [4.78, 5) is 29.4. The van der Waals surface area contributed by atoms with Crippen LogP contribution < -0.4 is 0 Å². The van der Waals surface area contributed by atoms with Crippen molar-refractivity contribution in [3.8, 4) is 11.3 Å². The SMILES string of the molecule is CC(C)CSC1=NSC2=NC(=O)/C(=C\c3ccc(-c4cccc(C(=O)O)c4)o3)C(=N)N12. The highest BCUT2D eigenvalue weighted by Gasteiger charge is 2.37. The number of carboxylic acids is 1. The first-order valence-corrected chi connectivity index (χ1v) is 11.1. The van der Waals surface area contributed by atoms with Gasteiger partial charge in [0, 0.05) is 11.3 Å². The first kappa shape index (κ1) is 21.1. The molecular weight excluding hydrogens is 436 g/mol. The molecule has 1 aromatic carbocycles. The molecule has 0 radical (unpaired) electrons. The van der Waals surface area contributed by atoms with E-state index in [1.54, 1.807) is 29.2 Å². The lowest BCUT2D eigenvalue weighted by Crippen LogP contribution is -2.41. The smallest absolute Gasteiger partial charge is 0.335 e. The highest BCUT2D eigenvalue weighted by molar-refractivity contribution is 8.19. The molecule has 2 aromatic rings. The Morgan fingerprint density at radius 3 is 2.90 bits per heavy atom. The molecule has 0 bridgehead atoms. The van der Waals surface area contributed by atoms with Gasteiger partial charge in [0.15, 0.2) is 5.17 Å². The van der Waals surface area contributed by atoms with Crippen LogP contribution in [0.5, 0.6) is 0 Å². The Morgan fingerprint density at radius 1 is 1.35 bits per heavy atom. The molecular formula is C21H18N4O4S2. The van der Waals surface area contributed by atoms with E-state index in [0.717, 1.165) is 17.7 Å². The number of carboxylic acid groups (broad SMARTS) is 1. The highest BCUT2D eigenvalue weighted by atomic mass is 32.2. The van der Waals surface area contributed by atoms with Gasteiger partial charge in [-0.3, -0.25) is 10.2 Å². The molecule has 0 unspecified atom stereocenters. The van der Waals surface area contributed by atoms with Gasteiger partial charge in [0.25, 0.3) is 5.91 Å². The maximum absolute atomic E-state index is 12.5. The van der Waals surface area contributed by atoms with E-state index in [9.17, 15) is 9.59 Å². The van der Waals surface area contributed by atoms with E-state index in [1.807, 2.05) is 0 Å². The molecule has 2 aliphatic heterocycles. The van der Waals surface area contributed by atoms with Crippen molar-refractivity contribution in [1.29, 1.82) is 5.41 Å². The summed E-state index contributed by atoms with van der Waals surface area (Å²) in [6, 6.07) is 9.74. The molecule has 2 N–H and O–H groups in total. The van der Waals surface area contributed by atoms with Crippen LogP contribution in [0.25, 0.3) is 17.4 Å². The summed E-state index contributed by atoms with van der Waals surface area (Å²) in [7, 11) is 0. The van der Waals surface area contributed by atoms with Crippen LogP contribution in [0.2, 0.25) is 0 Å². The Balaban J connectivity index is 1.60. The monoisotopic (exact) mass is 454 g/mol. The third kappa shape index (κ3) is 4.35. The number of thioether (sulfide) groups is 1. The van der Waals surface area contributed by atoms with Crippen molar-refractivity contribution in [1.82, 2.24) is 4.90 Å². The van der Waals surface area contributed by atoms with E-state index in [1.165, 1.54) is 30.0 Å². The second-order valence-electron chi connectivity index (χ2n) is 7.20. The van der Waals surface area contributed by atoms with Crippen LogP contribution in [-0.2, 0) is 4.79 Å². The van der Waals surface area contributed by atoms with Crippen molar-refractivity contribution in [2.75, 3.05) is 5.75 Å². The zero-order chi connectivity index (χ0) is 22.1. The average Bonchev–Trinajstić information content (AvgIpc) is 3.36. The summed E-state index contributed by atoms with van der Waals surface area (Å²) in [5.41, 5.74) is 0.854. The van der Waals surface area contributed by atoms with Crippen molar-refractivity contribution in [3.63, 3.8) is 0 Å². The van der Waals surface area contributed by atoms with Gasteiger partial charge in [-0.25, -0.2) is 9.69 Å². The molecule has 3 heterocycles. The minimum atomic E-state index is -1.03. The number of amides is 1. The van der Waals surface area contributed by atoms with E-state index in [4.69, 9.17) is 14.9 Å². The van der Waals surface area contributed by atoms with Gasteiger partial charge < -0.3 is 9.52 Å². The molecule has 158 valence electrons. The quantitative estimate of drug-likeness (QED) is 0.500. The third-order valence-corrected chi connectivity index (χ3v) is 6.53. The summed E-state index contributed by atoms with van der Waals surface area (Å²) in [5.74, 6) is 0.557. The summed E-state index contributed by atoms with van der Waals surface area (Å²) >= 11 is 2.61.